The number of pyridine rings is 1. The van der Waals surface area contributed by atoms with Crippen molar-refractivity contribution in [3.8, 4) is 0 Å². The molecule has 94 valence electrons. The maximum absolute atomic E-state index is 5.70. The standard InChI is InChI=1S/C14H22N2O/c1-12-5-4-8-16-14(12)11-15-9-7-13-6-2-3-10-17-13/h4-5,8,13,15H,2-3,6-7,9-11H2,1H3. The molecular formula is C14H22N2O. The van der Waals surface area contributed by atoms with Crippen molar-refractivity contribution in [1.29, 1.82) is 0 Å². The van der Waals surface area contributed by atoms with Gasteiger partial charge in [-0.2, -0.15) is 0 Å². The third-order valence-electron chi connectivity index (χ3n) is 3.33. The molecule has 1 N–H and O–H groups in total. The van der Waals surface area contributed by atoms with Crippen molar-refractivity contribution in [3.05, 3.63) is 29.6 Å². The number of hydrogen-bond donors (Lipinski definition) is 1. The molecule has 0 radical (unpaired) electrons. The molecule has 1 aromatic heterocycles. The Morgan fingerprint density at radius 1 is 1.47 bits per heavy atom. The number of aryl methyl sites for hydroxylation is 1. The van der Waals surface area contributed by atoms with Gasteiger partial charge in [-0.15, -0.1) is 0 Å². The number of nitrogens with one attached hydrogen (secondary N) is 1. The molecule has 3 nitrogen and oxygen atoms in total. The lowest BCUT2D eigenvalue weighted by molar-refractivity contribution is 0.0115. The van der Waals surface area contributed by atoms with E-state index >= 15 is 0 Å². The fourth-order valence-electron chi connectivity index (χ4n) is 2.21. The van der Waals surface area contributed by atoms with Gasteiger partial charge in [-0.05, 0) is 50.8 Å². The Labute approximate surface area is 104 Å². The summed E-state index contributed by atoms with van der Waals surface area (Å²) in [7, 11) is 0. The van der Waals surface area contributed by atoms with Crippen molar-refractivity contribution in [2.45, 2.75) is 45.3 Å². The highest BCUT2D eigenvalue weighted by molar-refractivity contribution is 5.17. The van der Waals surface area contributed by atoms with Gasteiger partial charge in [0.05, 0.1) is 11.8 Å². The molecule has 0 spiro atoms. The Morgan fingerprint density at radius 2 is 2.41 bits per heavy atom. The maximum Gasteiger partial charge on any atom is 0.0587 e. The van der Waals surface area contributed by atoms with Gasteiger partial charge in [0.25, 0.3) is 0 Å². The van der Waals surface area contributed by atoms with E-state index in [9.17, 15) is 0 Å². The first-order valence-corrected chi connectivity index (χ1v) is 6.59. The molecular weight excluding hydrogens is 212 g/mol. The molecule has 1 fully saturated rings. The molecule has 1 aromatic rings. The second-order valence-corrected chi connectivity index (χ2v) is 4.72. The third kappa shape index (κ3) is 4.10. The van der Waals surface area contributed by atoms with Crippen LogP contribution in [0, 0.1) is 6.92 Å². The minimum Gasteiger partial charge on any atom is -0.378 e. The Morgan fingerprint density at radius 3 is 3.18 bits per heavy atom. The van der Waals surface area contributed by atoms with E-state index < -0.39 is 0 Å². The molecule has 1 aliphatic rings. The lowest BCUT2D eigenvalue weighted by Crippen LogP contribution is -2.25. The van der Waals surface area contributed by atoms with Crippen LogP contribution in [0.2, 0.25) is 0 Å². The van der Waals surface area contributed by atoms with Gasteiger partial charge in [-0.25, -0.2) is 0 Å². The van der Waals surface area contributed by atoms with Gasteiger partial charge in [-0.1, -0.05) is 6.07 Å². The SMILES string of the molecule is Cc1cccnc1CNCCC1CCCCO1. The summed E-state index contributed by atoms with van der Waals surface area (Å²) in [5.74, 6) is 0. The Balaban J connectivity index is 1.64. The van der Waals surface area contributed by atoms with E-state index in [4.69, 9.17) is 4.74 Å². The molecule has 0 amide bonds. The monoisotopic (exact) mass is 234 g/mol. The minimum absolute atomic E-state index is 0.473. The maximum atomic E-state index is 5.70. The Bertz CT molecular complexity index is 335. The van der Waals surface area contributed by atoms with Crippen LogP contribution >= 0.6 is 0 Å². The minimum atomic E-state index is 0.473. The quantitative estimate of drug-likeness (QED) is 0.795. The largest absolute Gasteiger partial charge is 0.378 e. The van der Waals surface area contributed by atoms with Gasteiger partial charge >= 0.3 is 0 Å². The van der Waals surface area contributed by atoms with Crippen LogP contribution in [0.4, 0.5) is 0 Å². The number of rotatable bonds is 5. The van der Waals surface area contributed by atoms with E-state index in [0.717, 1.165) is 31.8 Å². The molecule has 1 aliphatic heterocycles. The van der Waals surface area contributed by atoms with Crippen molar-refractivity contribution in [2.75, 3.05) is 13.2 Å². The molecule has 0 aliphatic carbocycles. The Hall–Kier alpha value is -0.930. The van der Waals surface area contributed by atoms with Gasteiger partial charge in [0, 0.05) is 19.3 Å². The average Bonchev–Trinajstić information content (AvgIpc) is 2.38. The third-order valence-corrected chi connectivity index (χ3v) is 3.33. The van der Waals surface area contributed by atoms with Gasteiger partial charge in [0.15, 0.2) is 0 Å². The molecule has 2 heterocycles. The van der Waals surface area contributed by atoms with Crippen LogP contribution in [0.25, 0.3) is 0 Å². The molecule has 1 atom stereocenters. The molecule has 2 rings (SSSR count). The molecule has 3 heteroatoms. The smallest absolute Gasteiger partial charge is 0.0587 e. The van der Waals surface area contributed by atoms with E-state index in [0.29, 0.717) is 6.10 Å². The van der Waals surface area contributed by atoms with Crippen LogP contribution in [0.15, 0.2) is 18.3 Å². The number of ether oxygens (including phenoxy) is 1. The van der Waals surface area contributed by atoms with E-state index in [1.54, 1.807) is 0 Å². The summed E-state index contributed by atoms with van der Waals surface area (Å²) in [5, 5.41) is 3.45. The zero-order chi connectivity index (χ0) is 11.9. The number of aromatic nitrogens is 1. The first-order valence-electron chi connectivity index (χ1n) is 6.59. The van der Waals surface area contributed by atoms with Gasteiger partial charge < -0.3 is 10.1 Å². The molecule has 17 heavy (non-hydrogen) atoms. The second-order valence-electron chi connectivity index (χ2n) is 4.72. The summed E-state index contributed by atoms with van der Waals surface area (Å²) in [4.78, 5) is 4.37. The predicted octanol–water partition coefficient (Wildman–Crippen LogP) is 2.44. The fraction of sp³-hybridized carbons (Fsp3) is 0.643. The van der Waals surface area contributed by atoms with E-state index in [-0.39, 0.29) is 0 Å². The summed E-state index contributed by atoms with van der Waals surface area (Å²) in [6, 6.07) is 4.09. The zero-order valence-electron chi connectivity index (χ0n) is 10.6. The van der Waals surface area contributed by atoms with Crippen molar-refractivity contribution < 1.29 is 4.74 Å². The molecule has 1 saturated heterocycles. The predicted molar refractivity (Wildman–Crippen MR) is 68.9 cm³/mol. The summed E-state index contributed by atoms with van der Waals surface area (Å²) < 4.78 is 5.70. The van der Waals surface area contributed by atoms with Crippen LogP contribution in [-0.4, -0.2) is 24.2 Å². The lowest BCUT2D eigenvalue weighted by Gasteiger charge is -2.22. The Kier molecular flexibility index (Phi) is 4.95. The van der Waals surface area contributed by atoms with Crippen LogP contribution in [0.1, 0.15) is 36.9 Å². The highest BCUT2D eigenvalue weighted by Gasteiger charge is 2.12. The van der Waals surface area contributed by atoms with E-state index in [1.165, 1.54) is 24.8 Å². The van der Waals surface area contributed by atoms with Crippen LogP contribution in [0.3, 0.4) is 0 Å². The molecule has 0 aromatic carbocycles. The zero-order valence-corrected chi connectivity index (χ0v) is 10.6. The van der Waals surface area contributed by atoms with Crippen molar-refractivity contribution in [1.82, 2.24) is 10.3 Å². The summed E-state index contributed by atoms with van der Waals surface area (Å²) in [6.45, 7) is 4.93. The van der Waals surface area contributed by atoms with Gasteiger partial charge in [0.2, 0.25) is 0 Å². The van der Waals surface area contributed by atoms with Crippen LogP contribution < -0.4 is 5.32 Å². The van der Waals surface area contributed by atoms with Gasteiger partial charge in [0.1, 0.15) is 0 Å². The summed E-state index contributed by atoms with van der Waals surface area (Å²) in [5.41, 5.74) is 2.41. The second kappa shape index (κ2) is 6.72. The first kappa shape index (κ1) is 12.5. The number of hydrogen-bond acceptors (Lipinski definition) is 3. The van der Waals surface area contributed by atoms with Crippen LogP contribution in [-0.2, 0) is 11.3 Å². The summed E-state index contributed by atoms with van der Waals surface area (Å²) in [6.07, 6.45) is 7.23. The van der Waals surface area contributed by atoms with E-state index in [1.807, 2.05) is 12.3 Å². The van der Waals surface area contributed by atoms with Crippen molar-refractivity contribution >= 4 is 0 Å². The average molecular weight is 234 g/mol. The van der Waals surface area contributed by atoms with Crippen molar-refractivity contribution in [2.24, 2.45) is 0 Å². The summed E-state index contributed by atoms with van der Waals surface area (Å²) >= 11 is 0. The lowest BCUT2D eigenvalue weighted by atomic mass is 10.1. The molecule has 0 saturated carbocycles. The highest BCUT2D eigenvalue weighted by atomic mass is 16.5. The van der Waals surface area contributed by atoms with Crippen molar-refractivity contribution in [3.63, 3.8) is 0 Å². The first-order chi connectivity index (χ1) is 8.36. The van der Waals surface area contributed by atoms with Gasteiger partial charge in [-0.3, -0.25) is 4.98 Å². The normalized spacial score (nSPS) is 20.4. The molecule has 1 unspecified atom stereocenters. The molecule has 0 bridgehead atoms. The van der Waals surface area contributed by atoms with E-state index in [2.05, 4.69) is 23.3 Å². The topological polar surface area (TPSA) is 34.2 Å². The number of nitrogens with zero attached hydrogens (tertiary/aromatic N) is 1. The highest BCUT2D eigenvalue weighted by Crippen LogP contribution is 2.14. The fourth-order valence-corrected chi connectivity index (χ4v) is 2.21. The van der Waals surface area contributed by atoms with Crippen LogP contribution in [0.5, 0.6) is 0 Å².